The van der Waals surface area contributed by atoms with Crippen molar-refractivity contribution in [2.75, 3.05) is 44.7 Å². The van der Waals surface area contributed by atoms with Crippen molar-refractivity contribution >= 4 is 22.8 Å². The van der Waals surface area contributed by atoms with E-state index in [1.54, 1.807) is 0 Å². The number of carbonyl (C=O) groups is 1. The summed E-state index contributed by atoms with van der Waals surface area (Å²) in [6.07, 6.45) is -1.70. The van der Waals surface area contributed by atoms with E-state index in [4.69, 9.17) is 9.47 Å². The molecule has 12 heteroatoms. The number of nitrogens with zero attached hydrogens (tertiary/aromatic N) is 3. The van der Waals surface area contributed by atoms with Gasteiger partial charge in [-0.25, -0.2) is 9.78 Å². The summed E-state index contributed by atoms with van der Waals surface area (Å²) in [7, 11) is 0. The van der Waals surface area contributed by atoms with Gasteiger partial charge in [-0.1, -0.05) is 0 Å². The van der Waals surface area contributed by atoms with Crippen LogP contribution >= 0.6 is 0 Å². The average molecular weight is 488 g/mol. The van der Waals surface area contributed by atoms with Gasteiger partial charge in [-0.05, 0) is 37.2 Å². The van der Waals surface area contributed by atoms with Crippen LogP contribution in [0.1, 0.15) is 17.5 Å². The van der Waals surface area contributed by atoms with Gasteiger partial charge < -0.3 is 25.1 Å². The number of aromatic nitrogens is 2. The van der Waals surface area contributed by atoms with Crippen LogP contribution in [0.3, 0.4) is 0 Å². The van der Waals surface area contributed by atoms with E-state index in [1.807, 2.05) is 6.07 Å². The van der Waals surface area contributed by atoms with E-state index in [0.717, 1.165) is 45.5 Å². The van der Waals surface area contributed by atoms with Crippen molar-refractivity contribution in [3.63, 3.8) is 0 Å². The van der Waals surface area contributed by atoms with Crippen LogP contribution in [0.25, 0.3) is 11.0 Å². The number of halogens is 3. The predicted octanol–water partition coefficient (Wildman–Crippen LogP) is 4.09. The van der Waals surface area contributed by atoms with E-state index >= 15 is 0 Å². The number of carbonyl (C=O) groups excluding carboxylic acids is 1. The van der Waals surface area contributed by atoms with E-state index in [0.29, 0.717) is 12.2 Å². The van der Waals surface area contributed by atoms with Gasteiger partial charge in [0.15, 0.2) is 0 Å². The first kappa shape index (κ1) is 24.3. The average Bonchev–Trinajstić information content (AvgIpc) is 3.29. The fourth-order valence-electron chi connectivity index (χ4n) is 3.74. The Morgan fingerprint density at radius 1 is 1.26 bits per heavy atom. The first-order valence-corrected chi connectivity index (χ1v) is 11.0. The number of nitriles is 1. The summed E-state index contributed by atoms with van der Waals surface area (Å²) in [5.74, 6) is -0.0513. The normalized spacial score (nSPS) is 14.5. The molecule has 3 heterocycles. The lowest BCUT2D eigenvalue weighted by Gasteiger charge is -2.26. The number of pyridine rings is 1. The number of benzene rings is 1. The van der Waals surface area contributed by atoms with Gasteiger partial charge in [0.1, 0.15) is 23.2 Å². The molecule has 35 heavy (non-hydrogen) atoms. The molecule has 0 radical (unpaired) electrons. The SMILES string of the molecule is N#Cc1cc(NC(=O)NCCCN2CCOCC2)ccc1Oc1ccnc2[nH]cc(C(F)(F)F)c12. The number of alkyl halides is 3. The molecule has 184 valence electrons. The molecule has 4 rings (SSSR count). The Morgan fingerprint density at radius 3 is 2.80 bits per heavy atom. The first-order valence-electron chi connectivity index (χ1n) is 11.0. The number of amides is 2. The van der Waals surface area contributed by atoms with Crippen molar-refractivity contribution in [3.8, 4) is 17.6 Å². The maximum Gasteiger partial charge on any atom is 0.418 e. The molecule has 2 amide bonds. The Labute approximate surface area is 198 Å². The number of rotatable bonds is 7. The van der Waals surface area contributed by atoms with E-state index in [-0.39, 0.29) is 28.1 Å². The maximum absolute atomic E-state index is 13.4. The molecule has 0 saturated carbocycles. The Balaban J connectivity index is 1.40. The van der Waals surface area contributed by atoms with E-state index in [9.17, 15) is 23.2 Å². The van der Waals surface area contributed by atoms with Crippen molar-refractivity contribution in [1.82, 2.24) is 20.2 Å². The van der Waals surface area contributed by atoms with Crippen LogP contribution in [0, 0.1) is 11.3 Å². The molecular weight excluding hydrogens is 465 g/mol. The molecule has 1 aliphatic rings. The third-order valence-corrected chi connectivity index (χ3v) is 5.46. The Kier molecular flexibility index (Phi) is 7.38. The summed E-state index contributed by atoms with van der Waals surface area (Å²) >= 11 is 0. The van der Waals surface area contributed by atoms with Gasteiger partial charge in [0, 0.05) is 37.7 Å². The standard InChI is InChI=1S/C23H23F3N6O3/c24-23(25,26)17-14-30-21-20(17)19(4-6-28-21)35-18-3-2-16(12-15(18)13-27)31-22(33)29-5-1-7-32-8-10-34-11-9-32/h2-4,6,12,14H,1,5,7-11H2,(H,28,30)(H2,29,31,33). The second kappa shape index (κ2) is 10.6. The molecule has 3 N–H and O–H groups in total. The molecule has 9 nitrogen and oxygen atoms in total. The number of morpholine rings is 1. The second-order valence-electron chi connectivity index (χ2n) is 7.85. The number of urea groups is 1. The molecule has 1 fully saturated rings. The van der Waals surface area contributed by atoms with E-state index in [1.165, 1.54) is 30.5 Å². The summed E-state index contributed by atoms with van der Waals surface area (Å²) in [4.78, 5) is 20.8. The van der Waals surface area contributed by atoms with Crippen molar-refractivity contribution in [3.05, 3.63) is 47.8 Å². The lowest BCUT2D eigenvalue weighted by molar-refractivity contribution is -0.136. The van der Waals surface area contributed by atoms with Gasteiger partial charge in [-0.15, -0.1) is 0 Å². The molecular formula is C23H23F3N6O3. The number of aromatic amines is 1. The molecule has 3 aromatic rings. The zero-order valence-corrected chi connectivity index (χ0v) is 18.6. The van der Waals surface area contributed by atoms with Gasteiger partial charge in [0.05, 0.1) is 29.7 Å². The summed E-state index contributed by atoms with van der Waals surface area (Å²) in [6.45, 7) is 4.53. The van der Waals surface area contributed by atoms with Gasteiger partial charge in [-0.2, -0.15) is 18.4 Å². The summed E-state index contributed by atoms with van der Waals surface area (Å²) < 4.78 is 51.1. The lowest BCUT2D eigenvalue weighted by atomic mass is 10.1. The van der Waals surface area contributed by atoms with Crippen LogP contribution in [0.4, 0.5) is 23.7 Å². The Hall–Kier alpha value is -3.82. The van der Waals surface area contributed by atoms with Crippen LogP contribution in [-0.2, 0) is 10.9 Å². The molecule has 1 aromatic carbocycles. The number of ether oxygens (including phenoxy) is 2. The number of anilines is 1. The van der Waals surface area contributed by atoms with Gasteiger partial charge >= 0.3 is 12.2 Å². The molecule has 0 aliphatic carbocycles. The number of fused-ring (bicyclic) bond motifs is 1. The predicted molar refractivity (Wildman–Crippen MR) is 121 cm³/mol. The number of hydrogen-bond acceptors (Lipinski definition) is 6. The van der Waals surface area contributed by atoms with Crippen molar-refractivity contribution < 1.29 is 27.4 Å². The first-order chi connectivity index (χ1) is 16.8. The van der Waals surface area contributed by atoms with Crippen LogP contribution in [0.2, 0.25) is 0 Å². The number of hydrogen-bond donors (Lipinski definition) is 3. The van der Waals surface area contributed by atoms with Crippen LogP contribution < -0.4 is 15.4 Å². The monoisotopic (exact) mass is 488 g/mol. The highest BCUT2D eigenvalue weighted by molar-refractivity contribution is 5.90. The molecule has 2 aromatic heterocycles. The minimum Gasteiger partial charge on any atom is -0.455 e. The molecule has 0 bridgehead atoms. The van der Waals surface area contributed by atoms with Crippen LogP contribution in [-0.4, -0.2) is 60.3 Å². The molecule has 0 unspecified atom stereocenters. The zero-order valence-electron chi connectivity index (χ0n) is 18.6. The fraction of sp³-hybridized carbons (Fsp3) is 0.348. The maximum atomic E-state index is 13.4. The molecule has 0 atom stereocenters. The quantitative estimate of drug-likeness (QED) is 0.432. The van der Waals surface area contributed by atoms with Crippen molar-refractivity contribution in [2.45, 2.75) is 12.6 Å². The van der Waals surface area contributed by atoms with E-state index < -0.39 is 17.8 Å². The minimum atomic E-state index is -4.61. The van der Waals surface area contributed by atoms with Crippen molar-refractivity contribution in [2.24, 2.45) is 0 Å². The highest BCUT2D eigenvalue weighted by Gasteiger charge is 2.35. The van der Waals surface area contributed by atoms with Gasteiger partial charge in [-0.3, -0.25) is 4.90 Å². The summed E-state index contributed by atoms with van der Waals surface area (Å²) in [5, 5.41) is 14.7. The van der Waals surface area contributed by atoms with Gasteiger partial charge in [0.25, 0.3) is 0 Å². The van der Waals surface area contributed by atoms with Crippen LogP contribution in [0.5, 0.6) is 11.5 Å². The Morgan fingerprint density at radius 2 is 2.06 bits per heavy atom. The highest BCUT2D eigenvalue weighted by atomic mass is 19.4. The number of H-pyrrole nitrogens is 1. The zero-order chi connectivity index (χ0) is 24.8. The third kappa shape index (κ3) is 6.00. The largest absolute Gasteiger partial charge is 0.455 e. The van der Waals surface area contributed by atoms with Crippen molar-refractivity contribution in [1.29, 1.82) is 5.26 Å². The molecule has 1 aliphatic heterocycles. The van der Waals surface area contributed by atoms with Crippen LogP contribution in [0.15, 0.2) is 36.7 Å². The minimum absolute atomic E-state index is 0.0110. The summed E-state index contributed by atoms with van der Waals surface area (Å²) in [6, 6.07) is 7.12. The fourth-order valence-corrected chi connectivity index (χ4v) is 3.74. The third-order valence-electron chi connectivity index (χ3n) is 5.46. The smallest absolute Gasteiger partial charge is 0.418 e. The molecule has 0 spiro atoms. The highest BCUT2D eigenvalue weighted by Crippen LogP contribution is 2.40. The van der Waals surface area contributed by atoms with E-state index in [2.05, 4.69) is 25.5 Å². The topological polar surface area (TPSA) is 115 Å². The summed E-state index contributed by atoms with van der Waals surface area (Å²) in [5.41, 5.74) is -0.518. The number of nitrogens with one attached hydrogen (secondary N) is 3. The lowest BCUT2D eigenvalue weighted by Crippen LogP contribution is -2.38. The van der Waals surface area contributed by atoms with Gasteiger partial charge in [0.2, 0.25) is 0 Å². The second-order valence-corrected chi connectivity index (χ2v) is 7.85. The molecule has 1 saturated heterocycles. The Bertz CT molecular complexity index is 1230.